The molecule has 2 aromatic rings. The number of Topliss-reactive ketones (excluding diaryl/α,β-unsaturated/α-hetero) is 1. The van der Waals surface area contributed by atoms with Crippen LogP contribution in [-0.4, -0.2) is 55.3 Å². The molecule has 1 aliphatic heterocycles. The molecule has 0 aromatic heterocycles. The molecule has 0 radical (unpaired) electrons. The lowest BCUT2D eigenvalue weighted by molar-refractivity contribution is -0.134. The molecule has 1 fully saturated rings. The summed E-state index contributed by atoms with van der Waals surface area (Å²) in [5.74, 6) is 0.889. The molecule has 0 aliphatic carbocycles. The number of nitrogens with zero attached hydrogens (tertiary/aromatic N) is 2. The van der Waals surface area contributed by atoms with Crippen molar-refractivity contribution < 1.29 is 14.3 Å². The highest BCUT2D eigenvalue weighted by atomic mass is 16.5. The Hall–Kier alpha value is -2.66. The van der Waals surface area contributed by atoms with E-state index in [-0.39, 0.29) is 30.6 Å². The van der Waals surface area contributed by atoms with Crippen LogP contribution in [0.4, 0.5) is 0 Å². The van der Waals surface area contributed by atoms with Crippen molar-refractivity contribution in [1.29, 1.82) is 0 Å². The maximum atomic E-state index is 12.7. The van der Waals surface area contributed by atoms with Gasteiger partial charge in [0.25, 0.3) is 0 Å². The van der Waals surface area contributed by atoms with Gasteiger partial charge in [-0.1, -0.05) is 48.0 Å². The van der Waals surface area contributed by atoms with E-state index < -0.39 is 0 Å². The van der Waals surface area contributed by atoms with Gasteiger partial charge in [0.05, 0.1) is 13.2 Å². The topological polar surface area (TPSA) is 49.9 Å². The molecule has 148 valence electrons. The molecule has 1 heterocycles. The standard InChI is InChI=1S/C23H28N2O3/c1-17-8-10-18(11-9-17)21(26)12-13-23(27)25-15-14-24(2)20(16-25)19-6-4-5-7-22(19)28-3/h4-11,20H,12-16H2,1-3H3. The highest BCUT2D eigenvalue weighted by molar-refractivity contribution is 5.98. The number of carbonyl (C=O) groups is 2. The van der Waals surface area contributed by atoms with Crippen LogP contribution in [0.2, 0.25) is 0 Å². The van der Waals surface area contributed by atoms with Crippen LogP contribution in [0.25, 0.3) is 0 Å². The van der Waals surface area contributed by atoms with Crippen LogP contribution in [0.1, 0.15) is 40.4 Å². The summed E-state index contributed by atoms with van der Waals surface area (Å²) in [4.78, 5) is 29.2. The van der Waals surface area contributed by atoms with E-state index in [2.05, 4.69) is 18.0 Å². The lowest BCUT2D eigenvalue weighted by Gasteiger charge is -2.40. The second-order valence-corrected chi connectivity index (χ2v) is 7.37. The van der Waals surface area contributed by atoms with E-state index in [1.54, 1.807) is 7.11 Å². The van der Waals surface area contributed by atoms with E-state index in [0.717, 1.165) is 23.4 Å². The zero-order valence-corrected chi connectivity index (χ0v) is 16.9. The first kappa shape index (κ1) is 20.1. The fourth-order valence-corrected chi connectivity index (χ4v) is 3.64. The van der Waals surface area contributed by atoms with Crippen LogP contribution in [0, 0.1) is 6.92 Å². The van der Waals surface area contributed by atoms with Crippen molar-refractivity contribution >= 4 is 11.7 Å². The van der Waals surface area contributed by atoms with Crippen LogP contribution in [0.5, 0.6) is 5.75 Å². The Labute approximate surface area is 166 Å². The highest BCUT2D eigenvalue weighted by Gasteiger charge is 2.30. The molecule has 5 heteroatoms. The summed E-state index contributed by atoms with van der Waals surface area (Å²) in [6.45, 7) is 4.07. The number of aryl methyl sites for hydroxylation is 1. The molecule has 1 saturated heterocycles. The van der Waals surface area contributed by atoms with Gasteiger partial charge in [0, 0.05) is 43.6 Å². The quantitative estimate of drug-likeness (QED) is 0.720. The van der Waals surface area contributed by atoms with Gasteiger partial charge < -0.3 is 9.64 Å². The Balaban J connectivity index is 1.62. The summed E-state index contributed by atoms with van der Waals surface area (Å²) in [5.41, 5.74) is 2.87. The fourth-order valence-electron chi connectivity index (χ4n) is 3.64. The third kappa shape index (κ3) is 4.60. The molecule has 1 aliphatic rings. The first-order valence-corrected chi connectivity index (χ1v) is 9.70. The number of likely N-dealkylation sites (N-methyl/N-ethyl adjacent to an activating group) is 1. The molecule has 0 bridgehead atoms. The number of ether oxygens (including phenoxy) is 1. The van der Waals surface area contributed by atoms with Crippen LogP contribution in [-0.2, 0) is 4.79 Å². The van der Waals surface area contributed by atoms with E-state index >= 15 is 0 Å². The number of ketones is 1. The normalized spacial score (nSPS) is 17.4. The SMILES string of the molecule is COc1ccccc1C1CN(C(=O)CCC(=O)c2ccc(C)cc2)CCN1C. The van der Waals surface area contributed by atoms with Crippen LogP contribution in [0.3, 0.4) is 0 Å². The Kier molecular flexibility index (Phi) is 6.47. The lowest BCUT2D eigenvalue weighted by atomic mass is 10.0. The zero-order chi connectivity index (χ0) is 20.1. The zero-order valence-electron chi connectivity index (χ0n) is 16.9. The van der Waals surface area contributed by atoms with Crippen molar-refractivity contribution in [2.24, 2.45) is 0 Å². The molecule has 0 spiro atoms. The third-order valence-corrected chi connectivity index (χ3v) is 5.44. The Morgan fingerprint density at radius 3 is 2.46 bits per heavy atom. The Morgan fingerprint density at radius 2 is 1.75 bits per heavy atom. The van der Waals surface area contributed by atoms with E-state index in [9.17, 15) is 9.59 Å². The number of hydrogen-bond donors (Lipinski definition) is 0. The van der Waals surface area contributed by atoms with Gasteiger partial charge in [-0.25, -0.2) is 0 Å². The number of piperazine rings is 1. The number of carbonyl (C=O) groups excluding carboxylic acids is 2. The van der Waals surface area contributed by atoms with Crippen molar-refractivity contribution in [3.8, 4) is 5.75 Å². The van der Waals surface area contributed by atoms with Gasteiger partial charge in [-0.3, -0.25) is 14.5 Å². The van der Waals surface area contributed by atoms with Crippen molar-refractivity contribution in [2.45, 2.75) is 25.8 Å². The van der Waals surface area contributed by atoms with E-state index in [0.29, 0.717) is 18.7 Å². The number of rotatable bonds is 6. The number of methoxy groups -OCH3 is 1. The number of hydrogen-bond acceptors (Lipinski definition) is 4. The largest absolute Gasteiger partial charge is 0.496 e. The monoisotopic (exact) mass is 380 g/mol. The van der Waals surface area contributed by atoms with Crippen LogP contribution < -0.4 is 4.74 Å². The summed E-state index contributed by atoms with van der Waals surface area (Å²) in [6, 6.07) is 15.5. The lowest BCUT2D eigenvalue weighted by Crippen LogP contribution is -2.49. The second-order valence-electron chi connectivity index (χ2n) is 7.37. The molecular weight excluding hydrogens is 352 g/mol. The van der Waals surface area contributed by atoms with Gasteiger partial charge in [-0.2, -0.15) is 0 Å². The molecule has 0 saturated carbocycles. The minimum atomic E-state index is 0.0174. The van der Waals surface area contributed by atoms with Crippen molar-refractivity contribution in [2.75, 3.05) is 33.8 Å². The highest BCUT2D eigenvalue weighted by Crippen LogP contribution is 2.31. The van der Waals surface area contributed by atoms with Crippen LogP contribution in [0.15, 0.2) is 48.5 Å². The average Bonchev–Trinajstić information content (AvgIpc) is 2.72. The van der Waals surface area contributed by atoms with Crippen LogP contribution >= 0.6 is 0 Å². The van der Waals surface area contributed by atoms with E-state index in [4.69, 9.17) is 4.74 Å². The molecule has 1 amide bonds. The molecule has 5 nitrogen and oxygen atoms in total. The van der Waals surface area contributed by atoms with Crippen molar-refractivity contribution in [3.63, 3.8) is 0 Å². The first-order valence-electron chi connectivity index (χ1n) is 9.70. The second kappa shape index (κ2) is 9.02. The predicted octanol–water partition coefficient (Wildman–Crippen LogP) is 3.48. The number of para-hydroxylation sites is 1. The molecular formula is C23H28N2O3. The maximum absolute atomic E-state index is 12.7. The minimum absolute atomic E-state index is 0.0174. The number of amides is 1. The molecule has 28 heavy (non-hydrogen) atoms. The van der Waals surface area contributed by atoms with Gasteiger partial charge in [0.2, 0.25) is 5.91 Å². The Bertz CT molecular complexity index is 832. The summed E-state index contributed by atoms with van der Waals surface area (Å²) in [7, 11) is 3.74. The average molecular weight is 380 g/mol. The molecule has 0 N–H and O–H groups in total. The molecule has 3 rings (SSSR count). The Morgan fingerprint density at radius 1 is 1.04 bits per heavy atom. The third-order valence-electron chi connectivity index (χ3n) is 5.44. The van der Waals surface area contributed by atoms with Crippen molar-refractivity contribution in [3.05, 3.63) is 65.2 Å². The molecule has 1 unspecified atom stereocenters. The van der Waals surface area contributed by atoms with E-state index in [1.807, 2.05) is 54.3 Å². The van der Waals surface area contributed by atoms with Gasteiger partial charge in [0.15, 0.2) is 5.78 Å². The van der Waals surface area contributed by atoms with Gasteiger partial charge >= 0.3 is 0 Å². The summed E-state index contributed by atoms with van der Waals surface area (Å²) >= 11 is 0. The molecule has 2 aromatic carbocycles. The van der Waals surface area contributed by atoms with E-state index in [1.165, 1.54) is 0 Å². The van der Waals surface area contributed by atoms with Gasteiger partial charge in [-0.15, -0.1) is 0 Å². The summed E-state index contributed by atoms with van der Waals surface area (Å²) < 4.78 is 5.50. The molecule has 1 atom stereocenters. The minimum Gasteiger partial charge on any atom is -0.496 e. The maximum Gasteiger partial charge on any atom is 0.223 e. The summed E-state index contributed by atoms with van der Waals surface area (Å²) in [6.07, 6.45) is 0.489. The predicted molar refractivity (Wildman–Crippen MR) is 110 cm³/mol. The summed E-state index contributed by atoms with van der Waals surface area (Å²) in [5, 5.41) is 0. The number of benzene rings is 2. The van der Waals surface area contributed by atoms with Crippen molar-refractivity contribution in [1.82, 2.24) is 9.80 Å². The van der Waals surface area contributed by atoms with Gasteiger partial charge in [0.1, 0.15) is 5.75 Å². The fraction of sp³-hybridized carbons (Fsp3) is 0.391. The van der Waals surface area contributed by atoms with Gasteiger partial charge in [-0.05, 0) is 20.0 Å². The smallest absolute Gasteiger partial charge is 0.223 e. The first-order chi connectivity index (χ1) is 13.5.